The highest BCUT2D eigenvalue weighted by atomic mass is 16.5. The first kappa shape index (κ1) is 17.9. The molecule has 0 N–H and O–H groups in total. The Morgan fingerprint density at radius 1 is 1.10 bits per heavy atom. The maximum Gasteiger partial charge on any atom is 0.290 e. The van der Waals surface area contributed by atoms with E-state index in [1.165, 1.54) is 0 Å². The van der Waals surface area contributed by atoms with Crippen LogP contribution in [0.2, 0.25) is 0 Å². The zero-order valence-corrected chi connectivity index (χ0v) is 16.2. The number of benzene rings is 1. The van der Waals surface area contributed by atoms with Crippen molar-refractivity contribution in [2.75, 3.05) is 32.8 Å². The summed E-state index contributed by atoms with van der Waals surface area (Å²) in [5.74, 6) is 0.0970. The molecule has 3 aromatic rings. The molecule has 2 amide bonds. The van der Waals surface area contributed by atoms with Gasteiger partial charge in [0.05, 0.1) is 32.0 Å². The molecule has 29 heavy (non-hydrogen) atoms. The second-order valence-electron chi connectivity index (χ2n) is 7.46. The number of morpholine rings is 1. The number of furan rings is 1. The van der Waals surface area contributed by atoms with Crippen LogP contribution in [-0.4, -0.2) is 64.2 Å². The van der Waals surface area contributed by atoms with Gasteiger partial charge in [-0.3, -0.25) is 14.3 Å². The number of amides is 2. The quantitative estimate of drug-likeness (QED) is 0.664. The van der Waals surface area contributed by atoms with E-state index in [0.717, 1.165) is 16.6 Å². The van der Waals surface area contributed by atoms with Crippen molar-refractivity contribution in [1.82, 2.24) is 19.6 Å². The molecule has 0 saturated carbocycles. The first-order valence-corrected chi connectivity index (χ1v) is 9.80. The maximum absolute atomic E-state index is 13.3. The van der Waals surface area contributed by atoms with Crippen LogP contribution < -0.4 is 0 Å². The molecule has 5 rings (SSSR count). The van der Waals surface area contributed by atoms with Crippen LogP contribution in [0, 0.1) is 6.92 Å². The van der Waals surface area contributed by atoms with Crippen LogP contribution in [0.15, 0.2) is 40.9 Å². The van der Waals surface area contributed by atoms with Crippen molar-refractivity contribution in [3.8, 4) is 0 Å². The number of hydrogen-bond acceptors (Lipinski definition) is 5. The highest BCUT2D eigenvalue weighted by Crippen LogP contribution is 2.29. The van der Waals surface area contributed by atoms with Crippen LogP contribution in [0.5, 0.6) is 0 Å². The Morgan fingerprint density at radius 2 is 1.90 bits per heavy atom. The topological polar surface area (TPSA) is 80.8 Å². The second kappa shape index (κ2) is 7.04. The summed E-state index contributed by atoms with van der Waals surface area (Å²) in [6, 6.07) is 8.92. The molecule has 0 radical (unpaired) electrons. The molecule has 8 nitrogen and oxygen atoms in total. The number of rotatable bonds is 2. The van der Waals surface area contributed by atoms with E-state index >= 15 is 0 Å². The van der Waals surface area contributed by atoms with Gasteiger partial charge in [-0.15, -0.1) is 0 Å². The van der Waals surface area contributed by atoms with E-state index in [2.05, 4.69) is 5.10 Å². The van der Waals surface area contributed by atoms with Crippen LogP contribution in [0.3, 0.4) is 0 Å². The smallest absolute Gasteiger partial charge is 0.290 e. The van der Waals surface area contributed by atoms with E-state index in [1.807, 2.05) is 37.3 Å². The Hall–Kier alpha value is -3.13. The van der Waals surface area contributed by atoms with Gasteiger partial charge in [0.25, 0.3) is 5.91 Å². The zero-order valence-electron chi connectivity index (χ0n) is 16.2. The SMILES string of the molecule is Cc1c(C(=O)N2Cc3ccnn3[C@H](C(=O)N3CCOCC3)C2)oc2ccccc12. The summed E-state index contributed by atoms with van der Waals surface area (Å²) in [5, 5.41) is 5.28. The van der Waals surface area contributed by atoms with Crippen molar-refractivity contribution in [3.63, 3.8) is 0 Å². The first-order valence-electron chi connectivity index (χ1n) is 9.80. The van der Waals surface area contributed by atoms with Gasteiger partial charge in [-0.25, -0.2) is 0 Å². The summed E-state index contributed by atoms with van der Waals surface area (Å²) in [7, 11) is 0. The molecule has 1 aromatic carbocycles. The van der Waals surface area contributed by atoms with Gasteiger partial charge in [-0.2, -0.15) is 5.10 Å². The van der Waals surface area contributed by atoms with Crippen molar-refractivity contribution in [2.24, 2.45) is 0 Å². The normalized spacial score (nSPS) is 19.4. The monoisotopic (exact) mass is 394 g/mol. The van der Waals surface area contributed by atoms with Crippen molar-refractivity contribution in [3.05, 3.63) is 53.5 Å². The van der Waals surface area contributed by atoms with Crippen LogP contribution in [0.25, 0.3) is 11.0 Å². The van der Waals surface area contributed by atoms with Gasteiger partial charge in [0.2, 0.25) is 5.91 Å². The van der Waals surface area contributed by atoms with E-state index in [0.29, 0.717) is 44.2 Å². The Morgan fingerprint density at radius 3 is 2.69 bits per heavy atom. The number of carbonyl (C=O) groups is 2. The average Bonchev–Trinajstić information content (AvgIpc) is 3.37. The molecule has 2 aromatic heterocycles. The molecule has 1 atom stereocenters. The first-order chi connectivity index (χ1) is 14.1. The number of nitrogens with zero attached hydrogens (tertiary/aromatic N) is 4. The third-order valence-electron chi connectivity index (χ3n) is 5.73. The predicted octanol–water partition coefficient (Wildman–Crippen LogP) is 1.99. The minimum atomic E-state index is -0.541. The van der Waals surface area contributed by atoms with E-state index in [4.69, 9.17) is 9.15 Å². The summed E-state index contributed by atoms with van der Waals surface area (Å²) in [4.78, 5) is 30.0. The lowest BCUT2D eigenvalue weighted by Gasteiger charge is -2.36. The van der Waals surface area contributed by atoms with E-state index in [-0.39, 0.29) is 18.4 Å². The van der Waals surface area contributed by atoms with Gasteiger partial charge >= 0.3 is 0 Å². The van der Waals surface area contributed by atoms with Gasteiger partial charge in [-0.05, 0) is 19.1 Å². The summed E-state index contributed by atoms with van der Waals surface area (Å²) < 4.78 is 13.0. The fourth-order valence-electron chi connectivity index (χ4n) is 4.15. The van der Waals surface area contributed by atoms with Crippen molar-refractivity contribution < 1.29 is 18.7 Å². The van der Waals surface area contributed by atoms with Gasteiger partial charge < -0.3 is 19.0 Å². The van der Waals surface area contributed by atoms with Crippen LogP contribution >= 0.6 is 0 Å². The number of carbonyl (C=O) groups excluding carboxylic acids is 2. The fraction of sp³-hybridized carbons (Fsp3) is 0.381. The Balaban J connectivity index is 1.46. The largest absolute Gasteiger partial charge is 0.451 e. The van der Waals surface area contributed by atoms with Gasteiger partial charge in [0.1, 0.15) is 11.6 Å². The number of aromatic nitrogens is 2. The standard InChI is InChI=1S/C21H22N4O4/c1-14-16-4-2-3-5-18(16)29-19(14)21(27)24-12-15-6-7-22-25(15)17(13-24)20(26)23-8-10-28-11-9-23/h2-7,17H,8-13H2,1H3/t17-/m0/s1. The summed E-state index contributed by atoms with van der Waals surface area (Å²) in [6.45, 7) is 4.73. The Bertz CT molecular complexity index is 1080. The molecular formula is C21H22N4O4. The van der Waals surface area contributed by atoms with E-state index < -0.39 is 6.04 Å². The number of hydrogen-bond donors (Lipinski definition) is 0. The zero-order chi connectivity index (χ0) is 20.0. The molecule has 2 aliphatic rings. The minimum Gasteiger partial charge on any atom is -0.451 e. The highest BCUT2D eigenvalue weighted by Gasteiger charge is 2.37. The minimum absolute atomic E-state index is 0.0305. The molecule has 0 spiro atoms. The number of fused-ring (bicyclic) bond motifs is 2. The van der Waals surface area contributed by atoms with Crippen molar-refractivity contribution in [1.29, 1.82) is 0 Å². The Labute approximate surface area is 167 Å². The van der Waals surface area contributed by atoms with Gasteiger partial charge in [0, 0.05) is 30.2 Å². The number of para-hydroxylation sites is 1. The lowest BCUT2D eigenvalue weighted by Crippen LogP contribution is -2.50. The summed E-state index contributed by atoms with van der Waals surface area (Å²) >= 11 is 0. The van der Waals surface area contributed by atoms with Crippen molar-refractivity contribution >= 4 is 22.8 Å². The molecular weight excluding hydrogens is 372 g/mol. The molecule has 2 aliphatic heterocycles. The van der Waals surface area contributed by atoms with Crippen molar-refractivity contribution in [2.45, 2.75) is 19.5 Å². The predicted molar refractivity (Wildman–Crippen MR) is 104 cm³/mol. The summed E-state index contributed by atoms with van der Waals surface area (Å²) in [6.07, 6.45) is 1.68. The second-order valence-corrected chi connectivity index (χ2v) is 7.46. The fourth-order valence-corrected chi connectivity index (χ4v) is 4.15. The molecule has 8 heteroatoms. The molecule has 0 bridgehead atoms. The third kappa shape index (κ3) is 3.00. The molecule has 150 valence electrons. The molecule has 1 saturated heterocycles. The van der Waals surface area contributed by atoms with Crippen LogP contribution in [0.1, 0.15) is 27.9 Å². The van der Waals surface area contributed by atoms with E-state index in [9.17, 15) is 9.59 Å². The summed E-state index contributed by atoms with van der Waals surface area (Å²) in [5.41, 5.74) is 2.35. The average molecular weight is 394 g/mol. The number of ether oxygens (including phenoxy) is 1. The molecule has 0 aliphatic carbocycles. The van der Waals surface area contributed by atoms with Crippen LogP contribution in [-0.2, 0) is 16.1 Å². The molecule has 4 heterocycles. The lowest BCUT2D eigenvalue weighted by atomic mass is 10.1. The van der Waals surface area contributed by atoms with Gasteiger partial charge in [-0.1, -0.05) is 18.2 Å². The van der Waals surface area contributed by atoms with Gasteiger partial charge in [0.15, 0.2) is 5.76 Å². The lowest BCUT2D eigenvalue weighted by molar-refractivity contribution is -0.140. The number of aryl methyl sites for hydroxylation is 1. The highest BCUT2D eigenvalue weighted by molar-refractivity contribution is 5.99. The third-order valence-corrected chi connectivity index (χ3v) is 5.73. The van der Waals surface area contributed by atoms with Crippen LogP contribution in [0.4, 0.5) is 0 Å². The van der Waals surface area contributed by atoms with E-state index in [1.54, 1.807) is 20.7 Å². The maximum atomic E-state index is 13.3. The molecule has 0 unspecified atom stereocenters. The Kier molecular flexibility index (Phi) is 4.35. The molecule has 1 fully saturated rings.